The molecule has 3 rings (SSSR count). The third kappa shape index (κ3) is 3.10. The molecule has 0 aliphatic heterocycles. The van der Waals surface area contributed by atoms with Crippen LogP contribution in [0.25, 0.3) is 11.4 Å². The van der Waals surface area contributed by atoms with Crippen molar-refractivity contribution in [3.05, 3.63) is 46.8 Å². The summed E-state index contributed by atoms with van der Waals surface area (Å²) in [4.78, 5) is 16.0. The Morgan fingerprint density at radius 1 is 1.12 bits per heavy atom. The summed E-state index contributed by atoms with van der Waals surface area (Å²) < 4.78 is 1.85. The average Bonchev–Trinajstić information content (AvgIpc) is 3.16. The first kappa shape index (κ1) is 17.8. The average molecular weight is 353 g/mol. The van der Waals surface area contributed by atoms with Crippen LogP contribution in [0.15, 0.2) is 24.3 Å². The summed E-state index contributed by atoms with van der Waals surface area (Å²) in [6.07, 6.45) is 0. The van der Waals surface area contributed by atoms with Crippen LogP contribution >= 0.6 is 0 Å². The molecular weight excluding hydrogens is 330 g/mol. The summed E-state index contributed by atoms with van der Waals surface area (Å²) in [7, 11) is 5.45. The molecule has 2 heterocycles. The van der Waals surface area contributed by atoms with E-state index in [1.807, 2.05) is 51.7 Å². The minimum Gasteiger partial charge on any atom is -0.335 e. The van der Waals surface area contributed by atoms with E-state index in [9.17, 15) is 4.79 Å². The van der Waals surface area contributed by atoms with Gasteiger partial charge in [0.15, 0.2) is 0 Å². The van der Waals surface area contributed by atoms with E-state index in [1.165, 1.54) is 4.80 Å². The lowest BCUT2D eigenvalue weighted by Crippen LogP contribution is -2.30. The standard InChI is InChI=1S/C18H23N7O/c1-11-16(13(3)24(5)20-11)12(2)23(4)18(26)15-9-7-14(8-10-15)17-19-22-25(6)21-17/h7-10,12H,1-6H3/t12-/m0/s1. The minimum absolute atomic E-state index is 0.0428. The largest absolute Gasteiger partial charge is 0.335 e. The molecule has 0 bridgehead atoms. The van der Waals surface area contributed by atoms with E-state index < -0.39 is 0 Å². The third-order valence-corrected chi connectivity index (χ3v) is 4.78. The molecule has 0 saturated carbocycles. The Kier molecular flexibility index (Phi) is 4.58. The van der Waals surface area contributed by atoms with E-state index in [0.29, 0.717) is 11.4 Å². The maximum atomic E-state index is 12.9. The maximum Gasteiger partial charge on any atom is 0.254 e. The van der Waals surface area contributed by atoms with Crippen molar-refractivity contribution >= 4 is 5.91 Å². The van der Waals surface area contributed by atoms with Gasteiger partial charge in [0, 0.05) is 36.5 Å². The predicted molar refractivity (Wildman–Crippen MR) is 97.4 cm³/mol. The van der Waals surface area contributed by atoms with Gasteiger partial charge in [-0.25, -0.2) is 0 Å². The topological polar surface area (TPSA) is 81.7 Å². The lowest BCUT2D eigenvalue weighted by atomic mass is 10.0. The summed E-state index contributed by atoms with van der Waals surface area (Å²) in [6, 6.07) is 7.19. The summed E-state index contributed by atoms with van der Waals surface area (Å²) in [5, 5.41) is 16.4. The zero-order chi connectivity index (χ0) is 19.0. The number of carbonyl (C=O) groups is 1. The van der Waals surface area contributed by atoms with Gasteiger partial charge >= 0.3 is 0 Å². The molecule has 136 valence electrons. The highest BCUT2D eigenvalue weighted by Gasteiger charge is 2.24. The highest BCUT2D eigenvalue weighted by Crippen LogP contribution is 2.26. The monoisotopic (exact) mass is 353 g/mol. The Morgan fingerprint density at radius 2 is 1.77 bits per heavy atom. The molecule has 2 aromatic heterocycles. The molecule has 26 heavy (non-hydrogen) atoms. The fourth-order valence-electron chi connectivity index (χ4n) is 3.13. The van der Waals surface area contributed by atoms with Gasteiger partial charge in [-0.05, 0) is 38.1 Å². The van der Waals surface area contributed by atoms with E-state index in [4.69, 9.17) is 0 Å². The molecule has 8 nitrogen and oxygen atoms in total. The van der Waals surface area contributed by atoms with Crippen molar-refractivity contribution in [1.29, 1.82) is 0 Å². The lowest BCUT2D eigenvalue weighted by Gasteiger charge is -2.25. The van der Waals surface area contributed by atoms with E-state index in [2.05, 4.69) is 20.5 Å². The maximum absolute atomic E-state index is 12.9. The number of hydrogen-bond donors (Lipinski definition) is 0. The van der Waals surface area contributed by atoms with Crippen molar-refractivity contribution in [2.24, 2.45) is 14.1 Å². The van der Waals surface area contributed by atoms with Crippen LogP contribution in [0.3, 0.4) is 0 Å². The highest BCUT2D eigenvalue weighted by atomic mass is 16.2. The second-order valence-electron chi connectivity index (χ2n) is 6.48. The number of aromatic nitrogens is 6. The van der Waals surface area contributed by atoms with Gasteiger partial charge in [0.1, 0.15) is 0 Å². The first-order valence-corrected chi connectivity index (χ1v) is 8.41. The van der Waals surface area contributed by atoms with E-state index >= 15 is 0 Å². The van der Waals surface area contributed by atoms with Gasteiger partial charge < -0.3 is 4.90 Å². The van der Waals surface area contributed by atoms with Gasteiger partial charge in [-0.1, -0.05) is 12.1 Å². The first-order chi connectivity index (χ1) is 12.3. The number of amides is 1. The lowest BCUT2D eigenvalue weighted by molar-refractivity contribution is 0.0742. The summed E-state index contributed by atoms with van der Waals surface area (Å²) in [5.41, 5.74) is 4.54. The van der Waals surface area contributed by atoms with Gasteiger partial charge in [0.2, 0.25) is 5.82 Å². The second-order valence-corrected chi connectivity index (χ2v) is 6.48. The van der Waals surface area contributed by atoms with Gasteiger partial charge in [-0.3, -0.25) is 9.48 Å². The summed E-state index contributed by atoms with van der Waals surface area (Å²) >= 11 is 0. The Labute approximate surface area is 152 Å². The van der Waals surface area contributed by atoms with E-state index in [-0.39, 0.29) is 11.9 Å². The van der Waals surface area contributed by atoms with Gasteiger partial charge in [0.05, 0.1) is 18.8 Å². The fourth-order valence-corrected chi connectivity index (χ4v) is 3.13. The molecule has 1 amide bonds. The third-order valence-electron chi connectivity index (χ3n) is 4.78. The number of nitrogens with zero attached hydrogens (tertiary/aromatic N) is 7. The minimum atomic E-state index is -0.0717. The second kappa shape index (κ2) is 6.70. The molecule has 1 atom stereocenters. The van der Waals surface area contributed by atoms with Crippen molar-refractivity contribution in [1.82, 2.24) is 34.9 Å². The molecule has 8 heteroatoms. The molecule has 0 saturated heterocycles. The summed E-state index contributed by atoms with van der Waals surface area (Å²) in [6.45, 7) is 6.01. The van der Waals surface area contributed by atoms with E-state index in [1.54, 1.807) is 24.1 Å². The number of benzene rings is 1. The van der Waals surface area contributed by atoms with Crippen molar-refractivity contribution < 1.29 is 4.79 Å². The molecule has 0 aliphatic rings. The first-order valence-electron chi connectivity index (χ1n) is 8.41. The van der Waals surface area contributed by atoms with Crippen LogP contribution in [0, 0.1) is 13.8 Å². The molecule has 0 N–H and O–H groups in total. The van der Waals surface area contributed by atoms with Crippen LogP contribution in [0.5, 0.6) is 0 Å². The zero-order valence-electron chi connectivity index (χ0n) is 15.9. The number of tetrazole rings is 1. The van der Waals surface area contributed by atoms with Crippen molar-refractivity contribution in [3.8, 4) is 11.4 Å². The zero-order valence-corrected chi connectivity index (χ0v) is 15.9. The quantitative estimate of drug-likeness (QED) is 0.717. The Morgan fingerprint density at radius 3 is 2.27 bits per heavy atom. The van der Waals surface area contributed by atoms with Gasteiger partial charge in [-0.15, -0.1) is 10.2 Å². The molecular formula is C18H23N7O. The van der Waals surface area contributed by atoms with Crippen LogP contribution < -0.4 is 0 Å². The number of aryl methyl sites for hydroxylation is 3. The molecule has 0 spiro atoms. The highest BCUT2D eigenvalue weighted by molar-refractivity contribution is 5.94. The van der Waals surface area contributed by atoms with Crippen LogP contribution in [-0.4, -0.2) is 47.8 Å². The van der Waals surface area contributed by atoms with Crippen LogP contribution in [-0.2, 0) is 14.1 Å². The molecule has 0 unspecified atom stereocenters. The van der Waals surface area contributed by atoms with Crippen LogP contribution in [0.4, 0.5) is 0 Å². The van der Waals surface area contributed by atoms with Crippen LogP contribution in [0.2, 0.25) is 0 Å². The van der Waals surface area contributed by atoms with Crippen molar-refractivity contribution in [3.63, 3.8) is 0 Å². The summed E-state index contributed by atoms with van der Waals surface area (Å²) in [5.74, 6) is 0.494. The molecule has 0 radical (unpaired) electrons. The molecule has 0 aliphatic carbocycles. The molecule has 3 aromatic rings. The van der Waals surface area contributed by atoms with Crippen molar-refractivity contribution in [2.45, 2.75) is 26.8 Å². The predicted octanol–water partition coefficient (Wildman–Crippen LogP) is 2.06. The van der Waals surface area contributed by atoms with Gasteiger partial charge in [0.25, 0.3) is 5.91 Å². The number of carbonyl (C=O) groups excluding carboxylic acids is 1. The smallest absolute Gasteiger partial charge is 0.254 e. The fraction of sp³-hybridized carbons (Fsp3) is 0.389. The van der Waals surface area contributed by atoms with E-state index in [0.717, 1.165) is 22.5 Å². The molecule has 0 fully saturated rings. The number of hydrogen-bond acceptors (Lipinski definition) is 5. The Bertz CT molecular complexity index is 939. The normalized spacial score (nSPS) is 12.2. The van der Waals surface area contributed by atoms with Crippen LogP contribution in [0.1, 0.15) is 40.3 Å². The Balaban J connectivity index is 1.82. The Hall–Kier alpha value is -3.03. The molecule has 1 aromatic carbocycles. The SMILES string of the molecule is Cc1nn(C)c(C)c1[C@H](C)N(C)C(=O)c1ccc(-c2nnn(C)n2)cc1. The van der Waals surface area contributed by atoms with Gasteiger partial charge in [-0.2, -0.15) is 9.90 Å². The van der Waals surface area contributed by atoms with Crippen molar-refractivity contribution in [2.75, 3.05) is 7.05 Å². The number of rotatable bonds is 4.